The van der Waals surface area contributed by atoms with Gasteiger partial charge in [-0.1, -0.05) is 0 Å². The van der Waals surface area contributed by atoms with Gasteiger partial charge in [0.15, 0.2) is 0 Å². The largest absolute Gasteiger partial charge is 0.275 e. The summed E-state index contributed by atoms with van der Waals surface area (Å²) in [4.78, 5) is 7.35. The van der Waals surface area contributed by atoms with Gasteiger partial charge in [0, 0.05) is 57.6 Å². The molecule has 0 aliphatic carbocycles. The molecule has 1 aromatic heterocycles. The Morgan fingerprint density at radius 1 is 1.11 bits per heavy atom. The summed E-state index contributed by atoms with van der Waals surface area (Å²) in [6.45, 7) is 0. The first-order valence-electron chi connectivity index (χ1n) is 1.92. The maximum absolute atomic E-state index is 4.47. The minimum absolute atomic E-state index is 0. The monoisotopic (exact) mass is 330 g/mol. The van der Waals surface area contributed by atoms with Crippen molar-refractivity contribution in [1.82, 2.24) is 9.97 Å². The average Bonchev–Trinajstić information content (AvgIpc) is 1.96. The summed E-state index contributed by atoms with van der Waals surface area (Å²) in [6.07, 6.45) is 4.88. The number of nitrogens with two attached hydrogens (primary N) is 1. The van der Waals surface area contributed by atoms with Crippen LogP contribution in [0.15, 0.2) is 24.8 Å². The summed E-state index contributed by atoms with van der Waals surface area (Å²) < 4.78 is 4.47. The first kappa shape index (κ1) is 12.2. The Hall–Kier alpha value is 0.510. The van der Waals surface area contributed by atoms with Gasteiger partial charge in [0.2, 0.25) is 0 Å². The molecule has 9 heavy (non-hydrogen) atoms. The molecule has 0 atom stereocenters. The predicted molar refractivity (Wildman–Crippen MR) is 40.2 cm³/mol. The molecular weight excluding hydrogens is 325 g/mol. The topological polar surface area (TPSA) is 51.8 Å². The molecular formula is C4H6AgIN3. The summed E-state index contributed by atoms with van der Waals surface area (Å²) >= 11 is 1.65. The van der Waals surface area contributed by atoms with E-state index in [4.69, 9.17) is 0 Å². The zero-order valence-corrected chi connectivity index (χ0v) is 8.10. The van der Waals surface area contributed by atoms with Crippen molar-refractivity contribution in [2.45, 2.75) is 0 Å². The zero-order chi connectivity index (χ0) is 6.24. The molecule has 0 aromatic carbocycles. The van der Waals surface area contributed by atoms with E-state index in [2.05, 4.69) is 13.9 Å². The van der Waals surface area contributed by atoms with E-state index in [1.807, 2.05) is 0 Å². The SMILES string of the molecule is NI.[Ag].c1cncnc1. The van der Waals surface area contributed by atoms with Crippen LogP contribution in [0.3, 0.4) is 0 Å². The van der Waals surface area contributed by atoms with Crippen LogP contribution < -0.4 is 3.95 Å². The van der Waals surface area contributed by atoms with E-state index < -0.39 is 0 Å². The number of aromatic nitrogens is 2. The van der Waals surface area contributed by atoms with Crippen molar-refractivity contribution in [3.8, 4) is 0 Å². The Balaban J connectivity index is 0. The van der Waals surface area contributed by atoms with Crippen molar-refractivity contribution in [1.29, 1.82) is 0 Å². The third-order valence-corrected chi connectivity index (χ3v) is 0.478. The van der Waals surface area contributed by atoms with Gasteiger partial charge in [-0.3, -0.25) is 3.95 Å². The minimum Gasteiger partial charge on any atom is -0.275 e. The number of hydrogen-bond donors (Lipinski definition) is 1. The zero-order valence-electron chi connectivity index (χ0n) is 4.46. The van der Waals surface area contributed by atoms with Gasteiger partial charge in [-0.2, -0.15) is 0 Å². The van der Waals surface area contributed by atoms with Crippen LogP contribution in [0.5, 0.6) is 0 Å². The van der Waals surface area contributed by atoms with E-state index in [9.17, 15) is 0 Å². The van der Waals surface area contributed by atoms with E-state index in [1.165, 1.54) is 6.33 Å². The van der Waals surface area contributed by atoms with Gasteiger partial charge in [-0.25, -0.2) is 9.97 Å². The van der Waals surface area contributed by atoms with E-state index in [0.717, 1.165) is 0 Å². The Bertz CT molecular complexity index is 87.7. The van der Waals surface area contributed by atoms with Crippen molar-refractivity contribution >= 4 is 22.9 Å². The van der Waals surface area contributed by atoms with Crippen molar-refractivity contribution in [3.05, 3.63) is 24.8 Å². The summed E-state index contributed by atoms with van der Waals surface area (Å²) in [6, 6.07) is 1.78. The quantitative estimate of drug-likeness (QED) is 0.434. The van der Waals surface area contributed by atoms with Crippen LogP contribution >= 0.6 is 22.9 Å². The second kappa shape index (κ2) is 11.3. The van der Waals surface area contributed by atoms with Crippen molar-refractivity contribution in [2.24, 2.45) is 3.95 Å². The number of rotatable bonds is 0. The standard InChI is InChI=1S/C4H4N2.Ag.H2IN/c1-2-5-4-6-3-1;;1-2/h1-4H;;2H2. The Morgan fingerprint density at radius 3 is 1.67 bits per heavy atom. The van der Waals surface area contributed by atoms with Crippen molar-refractivity contribution in [2.75, 3.05) is 0 Å². The Kier molecular flexibility index (Phi) is 15.4. The van der Waals surface area contributed by atoms with Gasteiger partial charge in [-0.15, -0.1) is 0 Å². The second-order valence-corrected chi connectivity index (χ2v) is 0.904. The first-order chi connectivity index (χ1) is 4.00. The number of halogens is 1. The minimum atomic E-state index is 0. The molecule has 1 rings (SSSR count). The molecule has 0 saturated heterocycles. The van der Waals surface area contributed by atoms with Gasteiger partial charge in [0.1, 0.15) is 6.33 Å². The molecule has 2 N–H and O–H groups in total. The third kappa shape index (κ3) is 8.51. The van der Waals surface area contributed by atoms with Crippen LogP contribution in [0.1, 0.15) is 0 Å². The van der Waals surface area contributed by atoms with Gasteiger partial charge < -0.3 is 0 Å². The molecule has 0 bridgehead atoms. The Labute approximate surface area is 83.5 Å². The molecule has 5 heteroatoms. The van der Waals surface area contributed by atoms with Crippen LogP contribution in [-0.4, -0.2) is 9.97 Å². The van der Waals surface area contributed by atoms with Gasteiger partial charge in [0.05, 0.1) is 0 Å². The van der Waals surface area contributed by atoms with Crippen molar-refractivity contribution in [3.63, 3.8) is 0 Å². The molecule has 1 aromatic rings. The van der Waals surface area contributed by atoms with Crippen LogP contribution in [0.2, 0.25) is 0 Å². The molecule has 0 spiro atoms. The number of hydrogen-bond acceptors (Lipinski definition) is 3. The molecule has 0 aliphatic heterocycles. The molecule has 0 unspecified atom stereocenters. The fraction of sp³-hybridized carbons (Fsp3) is 0. The summed E-state index contributed by atoms with van der Waals surface area (Å²) in [7, 11) is 0. The fourth-order valence-corrected chi connectivity index (χ4v) is 0.253. The van der Waals surface area contributed by atoms with Gasteiger partial charge in [0.25, 0.3) is 0 Å². The van der Waals surface area contributed by atoms with Crippen molar-refractivity contribution < 1.29 is 22.4 Å². The molecule has 0 aliphatic rings. The molecule has 55 valence electrons. The summed E-state index contributed by atoms with van der Waals surface area (Å²) in [5.41, 5.74) is 0. The fourth-order valence-electron chi connectivity index (χ4n) is 0.253. The third-order valence-electron chi connectivity index (χ3n) is 0.478. The predicted octanol–water partition coefficient (Wildman–Crippen LogP) is 0.769. The number of nitrogens with zero attached hydrogens (tertiary/aromatic N) is 2. The molecule has 1 radical (unpaired) electrons. The molecule has 0 saturated carbocycles. The average molecular weight is 331 g/mol. The molecule has 0 amide bonds. The van der Waals surface area contributed by atoms with E-state index in [-0.39, 0.29) is 22.4 Å². The van der Waals surface area contributed by atoms with Crippen LogP contribution in [0.25, 0.3) is 0 Å². The van der Waals surface area contributed by atoms with E-state index in [1.54, 1.807) is 41.3 Å². The smallest absolute Gasteiger partial charge is 0.115 e. The maximum Gasteiger partial charge on any atom is 0.115 e. The van der Waals surface area contributed by atoms with Gasteiger partial charge >= 0.3 is 0 Å². The van der Waals surface area contributed by atoms with E-state index in [0.29, 0.717) is 0 Å². The van der Waals surface area contributed by atoms with E-state index >= 15 is 0 Å². The summed E-state index contributed by atoms with van der Waals surface area (Å²) in [5, 5.41) is 0. The molecule has 0 fully saturated rings. The first-order valence-corrected chi connectivity index (χ1v) is 3.16. The normalized spacial score (nSPS) is 6.00. The van der Waals surface area contributed by atoms with Gasteiger partial charge in [-0.05, 0) is 6.07 Å². The second-order valence-electron chi connectivity index (χ2n) is 0.904. The Morgan fingerprint density at radius 2 is 1.56 bits per heavy atom. The van der Waals surface area contributed by atoms with Crippen LogP contribution in [0, 0.1) is 0 Å². The maximum atomic E-state index is 4.47. The summed E-state index contributed by atoms with van der Waals surface area (Å²) in [5.74, 6) is 0. The molecule has 3 nitrogen and oxygen atoms in total. The van der Waals surface area contributed by atoms with Crippen LogP contribution in [-0.2, 0) is 22.4 Å². The molecule has 1 heterocycles. The van der Waals surface area contributed by atoms with Crippen LogP contribution in [0.4, 0.5) is 0 Å².